The van der Waals surface area contributed by atoms with Crippen molar-refractivity contribution in [1.29, 1.82) is 0 Å². The average molecular weight is 855 g/mol. The van der Waals surface area contributed by atoms with Crippen LogP contribution < -0.4 is 0 Å². The van der Waals surface area contributed by atoms with Crippen LogP contribution in [0.1, 0.15) is 183 Å². The van der Waals surface area contributed by atoms with Gasteiger partial charge in [0, 0.05) is 0 Å². The molecule has 6 aromatic carbocycles. The molecule has 1 atom stereocenters. The zero-order valence-corrected chi connectivity index (χ0v) is 42.2. The highest BCUT2D eigenvalue weighted by Gasteiger charge is 2.55. The summed E-state index contributed by atoms with van der Waals surface area (Å²) in [6.07, 6.45) is 15.1. The van der Waals surface area contributed by atoms with Gasteiger partial charge in [-0.1, -0.05) is 243 Å². The Morgan fingerprint density at radius 3 is 1.32 bits per heavy atom. The predicted octanol–water partition coefficient (Wildman–Crippen LogP) is 17.5. The summed E-state index contributed by atoms with van der Waals surface area (Å²) in [6, 6.07) is 45.0. The molecule has 0 spiro atoms. The number of benzene rings is 6. The first-order chi connectivity index (χ1) is 30.6. The molecule has 9 rings (SSSR count). The molecule has 0 saturated carbocycles. The maximum Gasteiger partial charge on any atom is 0.0714 e. The third kappa shape index (κ3) is 7.16. The molecule has 0 heteroatoms. The average Bonchev–Trinajstić information content (AvgIpc) is 3.34. The largest absolute Gasteiger partial charge is 0.0770 e. The summed E-state index contributed by atoms with van der Waals surface area (Å²) < 4.78 is 0. The van der Waals surface area contributed by atoms with E-state index in [1.807, 2.05) is 0 Å². The smallest absolute Gasteiger partial charge is 0.0714 e. The van der Waals surface area contributed by atoms with Crippen LogP contribution in [0.2, 0.25) is 0 Å². The van der Waals surface area contributed by atoms with E-state index >= 15 is 0 Å². The van der Waals surface area contributed by atoms with Gasteiger partial charge >= 0.3 is 0 Å². The van der Waals surface area contributed by atoms with Crippen LogP contribution in [-0.4, -0.2) is 0 Å². The van der Waals surface area contributed by atoms with Crippen LogP contribution in [0.3, 0.4) is 0 Å². The zero-order chi connectivity index (χ0) is 46.5. The molecule has 0 nitrogen and oxygen atoms in total. The second kappa shape index (κ2) is 15.7. The molecular formula is C65H74. The second-order valence-electron chi connectivity index (χ2n) is 23.9. The SMILES string of the molecule is CCCc1cc2c3c(c1)C(c1ccc(C(C)(C)C)cc1)(c1ccc(C(C)(C)C)cc1)c1cc(CCC)cc4ccc(c-3c14)C2(C1=CCC=C(C(C)(C)C)C=C1)c1ccc(C(C)(C)C)cc1. The Labute approximate surface area is 393 Å². The summed E-state index contributed by atoms with van der Waals surface area (Å²) in [6.45, 7) is 32.8. The van der Waals surface area contributed by atoms with Crippen LogP contribution >= 0.6 is 0 Å². The minimum absolute atomic E-state index is 0.0362. The van der Waals surface area contributed by atoms with Crippen molar-refractivity contribution in [3.63, 3.8) is 0 Å². The summed E-state index contributed by atoms with van der Waals surface area (Å²) in [7, 11) is 0. The van der Waals surface area contributed by atoms with Gasteiger partial charge in [0.15, 0.2) is 0 Å². The number of allylic oxidation sites excluding steroid dienone is 6. The zero-order valence-electron chi connectivity index (χ0n) is 42.2. The fourth-order valence-electron chi connectivity index (χ4n) is 11.8. The lowest BCUT2D eigenvalue weighted by molar-refractivity contribution is 0.515. The van der Waals surface area contributed by atoms with E-state index in [0.29, 0.717) is 0 Å². The Balaban J connectivity index is 1.51. The molecule has 0 N–H and O–H groups in total. The molecule has 0 saturated heterocycles. The van der Waals surface area contributed by atoms with Gasteiger partial charge in [0.05, 0.1) is 10.8 Å². The molecule has 0 aromatic heterocycles. The molecule has 0 heterocycles. The number of hydrogen-bond donors (Lipinski definition) is 0. The van der Waals surface area contributed by atoms with Crippen LogP contribution in [0, 0.1) is 5.41 Å². The van der Waals surface area contributed by atoms with E-state index in [0.717, 1.165) is 32.1 Å². The van der Waals surface area contributed by atoms with E-state index < -0.39 is 10.8 Å². The molecule has 3 aliphatic carbocycles. The van der Waals surface area contributed by atoms with Crippen molar-refractivity contribution in [2.75, 3.05) is 0 Å². The monoisotopic (exact) mass is 855 g/mol. The van der Waals surface area contributed by atoms with Gasteiger partial charge in [0.25, 0.3) is 0 Å². The Morgan fingerprint density at radius 1 is 0.415 bits per heavy atom. The first-order valence-electron chi connectivity index (χ1n) is 24.9. The van der Waals surface area contributed by atoms with E-state index in [-0.39, 0.29) is 21.7 Å². The normalized spacial score (nSPS) is 17.9. The molecule has 65 heavy (non-hydrogen) atoms. The number of aryl methyl sites for hydroxylation is 2. The molecule has 6 aromatic rings. The lowest BCUT2D eigenvalue weighted by Crippen LogP contribution is -2.35. The lowest BCUT2D eigenvalue weighted by atomic mass is 9.58. The van der Waals surface area contributed by atoms with Crippen LogP contribution in [0.5, 0.6) is 0 Å². The van der Waals surface area contributed by atoms with Gasteiger partial charge in [-0.15, -0.1) is 0 Å². The van der Waals surface area contributed by atoms with Gasteiger partial charge in [0.2, 0.25) is 0 Å². The molecule has 0 aliphatic heterocycles. The van der Waals surface area contributed by atoms with Gasteiger partial charge in [-0.25, -0.2) is 0 Å². The lowest BCUT2D eigenvalue weighted by Gasteiger charge is -2.43. The summed E-state index contributed by atoms with van der Waals surface area (Å²) in [5.41, 5.74) is 21.4. The molecule has 334 valence electrons. The van der Waals surface area contributed by atoms with Crippen molar-refractivity contribution in [2.24, 2.45) is 5.41 Å². The van der Waals surface area contributed by atoms with Crippen molar-refractivity contribution in [3.05, 3.63) is 211 Å². The topological polar surface area (TPSA) is 0 Å². The highest BCUT2D eigenvalue weighted by Crippen LogP contribution is 2.66. The predicted molar refractivity (Wildman–Crippen MR) is 281 cm³/mol. The summed E-state index contributed by atoms with van der Waals surface area (Å²) in [5.74, 6) is 0. The summed E-state index contributed by atoms with van der Waals surface area (Å²) in [5, 5.41) is 2.76. The van der Waals surface area contributed by atoms with Crippen LogP contribution in [0.15, 0.2) is 145 Å². The molecule has 0 amide bonds. The van der Waals surface area contributed by atoms with E-state index in [2.05, 4.69) is 230 Å². The Hall–Kier alpha value is -5.20. The fraction of sp³-hybridized carbons (Fsp3) is 0.385. The standard InChI is InChI=1S/C65H74/c1-15-18-42-38-44-22-37-53-59-57(44)54(39-42)65(51-33-26-47(27-34-51)62(9,10)11,52-35-28-48(29-36-52)63(12,13)14)56-41-43(19-16-2)40-55(58(56)59)64(53,50-31-24-46(25-32-50)61(6,7)8)49-21-17-20-45(23-30-49)60(3,4)5/h20-41H,15-19H2,1-14H3. The van der Waals surface area contributed by atoms with Crippen LogP contribution in [0.4, 0.5) is 0 Å². The number of rotatable bonds is 8. The van der Waals surface area contributed by atoms with Crippen LogP contribution in [0.25, 0.3) is 21.9 Å². The quantitative estimate of drug-likeness (QED) is 0.143. The second-order valence-corrected chi connectivity index (χ2v) is 23.9. The first-order valence-corrected chi connectivity index (χ1v) is 24.9. The van der Waals surface area contributed by atoms with Crippen molar-refractivity contribution in [3.8, 4) is 11.1 Å². The Morgan fingerprint density at radius 2 is 0.862 bits per heavy atom. The van der Waals surface area contributed by atoms with Crippen LogP contribution in [-0.2, 0) is 39.9 Å². The first kappa shape index (κ1) is 45.0. The highest BCUT2D eigenvalue weighted by molar-refractivity contribution is 6.11. The molecule has 0 radical (unpaired) electrons. The van der Waals surface area contributed by atoms with Gasteiger partial charge < -0.3 is 0 Å². The minimum atomic E-state index is -0.574. The van der Waals surface area contributed by atoms with E-state index in [1.165, 1.54) is 99.8 Å². The van der Waals surface area contributed by atoms with E-state index in [4.69, 9.17) is 0 Å². The summed E-state index contributed by atoms with van der Waals surface area (Å²) in [4.78, 5) is 0. The molecular weight excluding hydrogens is 781 g/mol. The Kier molecular flexibility index (Phi) is 10.9. The van der Waals surface area contributed by atoms with Crippen molar-refractivity contribution < 1.29 is 0 Å². The highest BCUT2D eigenvalue weighted by atomic mass is 14.6. The minimum Gasteiger partial charge on any atom is -0.0770 e. The Bertz CT molecular complexity index is 2830. The third-order valence-corrected chi connectivity index (χ3v) is 15.3. The molecule has 3 aliphatic rings. The fourth-order valence-corrected chi connectivity index (χ4v) is 11.8. The maximum absolute atomic E-state index is 2.66. The molecule has 0 fully saturated rings. The third-order valence-electron chi connectivity index (χ3n) is 15.3. The van der Waals surface area contributed by atoms with Gasteiger partial charge in [0.1, 0.15) is 0 Å². The van der Waals surface area contributed by atoms with Crippen molar-refractivity contribution in [2.45, 2.75) is 156 Å². The van der Waals surface area contributed by atoms with Gasteiger partial charge in [-0.3, -0.25) is 0 Å². The van der Waals surface area contributed by atoms with E-state index in [1.54, 1.807) is 0 Å². The van der Waals surface area contributed by atoms with Crippen molar-refractivity contribution >= 4 is 10.8 Å². The van der Waals surface area contributed by atoms with E-state index in [9.17, 15) is 0 Å². The summed E-state index contributed by atoms with van der Waals surface area (Å²) >= 11 is 0. The molecule has 1 unspecified atom stereocenters. The van der Waals surface area contributed by atoms with Crippen molar-refractivity contribution in [1.82, 2.24) is 0 Å². The van der Waals surface area contributed by atoms with Gasteiger partial charge in [-0.05, 0) is 141 Å². The van der Waals surface area contributed by atoms with Gasteiger partial charge in [-0.2, -0.15) is 0 Å². The number of hydrogen-bond acceptors (Lipinski definition) is 0. The molecule has 0 bridgehead atoms. The maximum atomic E-state index is 2.66.